The van der Waals surface area contributed by atoms with Crippen LogP contribution in [-0.2, 0) is 12.4 Å². The van der Waals surface area contributed by atoms with E-state index in [1.54, 1.807) is 11.8 Å². The lowest BCUT2D eigenvalue weighted by Gasteiger charge is -2.06. The number of rotatable bonds is 6. The molecule has 1 aromatic heterocycles. The van der Waals surface area contributed by atoms with Crippen LogP contribution < -0.4 is 10.6 Å². The van der Waals surface area contributed by atoms with Gasteiger partial charge in [0.25, 0.3) is 0 Å². The lowest BCUT2D eigenvalue weighted by atomic mass is 10.2. The Balaban J connectivity index is 1.59. The van der Waals surface area contributed by atoms with Crippen molar-refractivity contribution >= 4 is 27.7 Å². The highest BCUT2D eigenvalue weighted by Gasteiger charge is 2.11. The first kappa shape index (κ1) is 15.9. The molecule has 0 bridgehead atoms. The number of hydrogen-bond acceptors (Lipinski definition) is 5. The number of nitrogens with two attached hydrogens (primary N) is 1. The maximum absolute atomic E-state index is 6.04. The molecule has 2 aromatic carbocycles. The second-order valence-electron chi connectivity index (χ2n) is 4.79. The third kappa shape index (κ3) is 4.27. The number of nitrogens with zero attached hydrogens (tertiary/aromatic N) is 3. The summed E-state index contributed by atoms with van der Waals surface area (Å²) < 4.78 is 8.19. The van der Waals surface area contributed by atoms with Crippen LogP contribution in [0.4, 0.5) is 0 Å². The summed E-state index contributed by atoms with van der Waals surface area (Å²) in [5.74, 6) is 8.19. The highest BCUT2D eigenvalue weighted by molar-refractivity contribution is 9.10. The molecule has 0 spiro atoms. The summed E-state index contributed by atoms with van der Waals surface area (Å²) in [6, 6.07) is 17.7. The molecule has 0 saturated heterocycles. The quantitative estimate of drug-likeness (QED) is 0.514. The van der Waals surface area contributed by atoms with E-state index in [9.17, 15) is 0 Å². The largest absolute Gasteiger partial charge is 0.486 e. The fraction of sp³-hybridized carbons (Fsp3) is 0.125. The zero-order chi connectivity index (χ0) is 16.1. The molecule has 0 aliphatic carbocycles. The molecule has 0 amide bonds. The van der Waals surface area contributed by atoms with Crippen molar-refractivity contribution in [3.63, 3.8) is 0 Å². The molecule has 0 saturated carbocycles. The van der Waals surface area contributed by atoms with E-state index in [2.05, 4.69) is 38.3 Å². The van der Waals surface area contributed by atoms with Crippen LogP contribution in [0.25, 0.3) is 0 Å². The van der Waals surface area contributed by atoms with Crippen LogP contribution in [0.3, 0.4) is 0 Å². The molecule has 118 valence electrons. The Hall–Kier alpha value is -1.99. The second-order valence-corrected chi connectivity index (χ2v) is 6.64. The van der Waals surface area contributed by atoms with Gasteiger partial charge >= 0.3 is 0 Å². The van der Waals surface area contributed by atoms with Gasteiger partial charge < -0.3 is 10.6 Å². The average Bonchev–Trinajstić information content (AvgIpc) is 2.93. The maximum Gasteiger partial charge on any atom is 0.210 e. The van der Waals surface area contributed by atoms with Crippen LogP contribution in [0.2, 0.25) is 0 Å². The number of hydrogen-bond donors (Lipinski definition) is 1. The summed E-state index contributed by atoms with van der Waals surface area (Å²) in [5, 5.41) is 8.88. The summed E-state index contributed by atoms with van der Waals surface area (Å²) >= 11 is 4.97. The fourth-order valence-corrected chi connectivity index (χ4v) is 2.99. The lowest BCUT2D eigenvalue weighted by Crippen LogP contribution is -2.15. The van der Waals surface area contributed by atoms with Crippen molar-refractivity contribution in [2.75, 3.05) is 5.84 Å². The molecule has 0 aliphatic heterocycles. The van der Waals surface area contributed by atoms with E-state index in [-0.39, 0.29) is 6.61 Å². The number of nitrogen functional groups attached to an aromatic ring is 1. The smallest absolute Gasteiger partial charge is 0.210 e. The standard InChI is InChI=1S/C16H15BrN4OS/c17-13-8-6-12(7-9-13)11-23-16-20-19-15(21(16)18)10-22-14-4-2-1-3-5-14/h1-9H,10-11,18H2. The first-order valence-electron chi connectivity index (χ1n) is 6.97. The van der Waals surface area contributed by atoms with Gasteiger partial charge in [-0.05, 0) is 29.8 Å². The van der Waals surface area contributed by atoms with Gasteiger partial charge in [0.05, 0.1) is 0 Å². The van der Waals surface area contributed by atoms with Crippen molar-refractivity contribution in [1.82, 2.24) is 14.9 Å². The van der Waals surface area contributed by atoms with Gasteiger partial charge in [-0.15, -0.1) is 10.2 Å². The second kappa shape index (κ2) is 7.52. The SMILES string of the molecule is Nn1c(COc2ccccc2)nnc1SCc1ccc(Br)cc1. The molecule has 0 radical (unpaired) electrons. The summed E-state index contributed by atoms with van der Waals surface area (Å²) in [6.07, 6.45) is 0. The van der Waals surface area contributed by atoms with Crippen molar-refractivity contribution in [2.24, 2.45) is 0 Å². The van der Waals surface area contributed by atoms with E-state index in [1.165, 1.54) is 10.2 Å². The van der Waals surface area contributed by atoms with Crippen molar-refractivity contribution in [1.29, 1.82) is 0 Å². The Kier molecular flexibility index (Phi) is 5.19. The van der Waals surface area contributed by atoms with Gasteiger partial charge in [-0.1, -0.05) is 58.0 Å². The van der Waals surface area contributed by atoms with Crippen LogP contribution in [-0.4, -0.2) is 14.9 Å². The Morgan fingerprint density at radius 1 is 1.04 bits per heavy atom. The van der Waals surface area contributed by atoms with Gasteiger partial charge in [-0.3, -0.25) is 0 Å². The summed E-state index contributed by atoms with van der Waals surface area (Å²) in [5.41, 5.74) is 1.20. The number of para-hydroxylation sites is 1. The van der Waals surface area contributed by atoms with Crippen molar-refractivity contribution in [3.05, 3.63) is 70.5 Å². The summed E-state index contributed by atoms with van der Waals surface area (Å²) in [6.45, 7) is 0.284. The zero-order valence-electron chi connectivity index (χ0n) is 12.2. The Morgan fingerprint density at radius 3 is 2.52 bits per heavy atom. The minimum Gasteiger partial charge on any atom is -0.486 e. The van der Waals surface area contributed by atoms with E-state index < -0.39 is 0 Å². The predicted octanol–water partition coefficient (Wildman–Crippen LogP) is 3.63. The van der Waals surface area contributed by atoms with Gasteiger partial charge in [0.2, 0.25) is 5.16 Å². The molecule has 3 rings (SSSR count). The number of thioether (sulfide) groups is 1. The number of benzene rings is 2. The molecular formula is C16H15BrN4OS. The molecule has 23 heavy (non-hydrogen) atoms. The number of aromatic nitrogens is 3. The van der Waals surface area contributed by atoms with Gasteiger partial charge in [0.1, 0.15) is 12.4 Å². The number of halogens is 1. The molecule has 0 unspecified atom stereocenters. The lowest BCUT2D eigenvalue weighted by molar-refractivity contribution is 0.291. The highest BCUT2D eigenvalue weighted by Crippen LogP contribution is 2.22. The first-order chi connectivity index (χ1) is 11.2. The Labute approximate surface area is 147 Å². The highest BCUT2D eigenvalue weighted by atomic mass is 79.9. The van der Waals surface area contributed by atoms with Crippen LogP contribution >= 0.6 is 27.7 Å². The monoisotopic (exact) mass is 390 g/mol. The molecule has 1 heterocycles. The van der Waals surface area contributed by atoms with E-state index in [0.29, 0.717) is 11.0 Å². The normalized spacial score (nSPS) is 10.7. The van der Waals surface area contributed by atoms with Gasteiger partial charge in [0.15, 0.2) is 5.82 Å². The Bertz CT molecular complexity index is 762. The Morgan fingerprint density at radius 2 is 1.78 bits per heavy atom. The van der Waals surface area contributed by atoms with Crippen LogP contribution in [0, 0.1) is 0 Å². The van der Waals surface area contributed by atoms with Crippen molar-refractivity contribution in [2.45, 2.75) is 17.5 Å². The topological polar surface area (TPSA) is 66.0 Å². The molecule has 0 atom stereocenters. The van der Waals surface area contributed by atoms with Crippen LogP contribution in [0.1, 0.15) is 11.4 Å². The van der Waals surface area contributed by atoms with E-state index in [0.717, 1.165) is 16.0 Å². The minimum absolute atomic E-state index is 0.284. The maximum atomic E-state index is 6.04. The fourth-order valence-electron chi connectivity index (χ4n) is 1.90. The van der Waals surface area contributed by atoms with Gasteiger partial charge in [-0.25, -0.2) is 4.68 Å². The van der Waals surface area contributed by atoms with Crippen molar-refractivity contribution in [3.8, 4) is 5.75 Å². The predicted molar refractivity (Wildman–Crippen MR) is 94.6 cm³/mol. The van der Waals surface area contributed by atoms with Gasteiger partial charge in [-0.2, -0.15) is 0 Å². The zero-order valence-corrected chi connectivity index (χ0v) is 14.6. The van der Waals surface area contributed by atoms with Crippen LogP contribution in [0.5, 0.6) is 5.75 Å². The molecule has 0 fully saturated rings. The summed E-state index contributed by atoms with van der Waals surface area (Å²) in [7, 11) is 0. The summed E-state index contributed by atoms with van der Waals surface area (Å²) in [4.78, 5) is 0. The average molecular weight is 391 g/mol. The minimum atomic E-state index is 0.284. The molecule has 5 nitrogen and oxygen atoms in total. The van der Waals surface area contributed by atoms with E-state index in [4.69, 9.17) is 10.6 Å². The first-order valence-corrected chi connectivity index (χ1v) is 8.74. The van der Waals surface area contributed by atoms with Crippen LogP contribution in [0.15, 0.2) is 64.2 Å². The third-order valence-corrected chi connectivity index (χ3v) is 4.67. The van der Waals surface area contributed by atoms with Gasteiger partial charge in [0, 0.05) is 10.2 Å². The molecule has 7 heteroatoms. The van der Waals surface area contributed by atoms with Crippen molar-refractivity contribution < 1.29 is 4.74 Å². The molecule has 0 aliphatic rings. The molecule has 2 N–H and O–H groups in total. The van der Waals surface area contributed by atoms with E-state index in [1.807, 2.05) is 42.5 Å². The molecule has 3 aromatic rings. The molecular weight excluding hydrogens is 376 g/mol. The third-order valence-electron chi connectivity index (χ3n) is 3.13. The number of ether oxygens (including phenoxy) is 1. The van der Waals surface area contributed by atoms with E-state index >= 15 is 0 Å².